The van der Waals surface area contributed by atoms with Gasteiger partial charge in [-0.25, -0.2) is 0 Å². The molecule has 0 spiro atoms. The maximum Gasteiger partial charge on any atom is 0.233 e. The molecule has 0 aromatic heterocycles. The van der Waals surface area contributed by atoms with E-state index >= 15 is 0 Å². The summed E-state index contributed by atoms with van der Waals surface area (Å²) in [6, 6.07) is 0. The molecule has 0 bridgehead atoms. The Labute approximate surface area is 123 Å². The summed E-state index contributed by atoms with van der Waals surface area (Å²) < 4.78 is 0. The number of nitrogens with zero attached hydrogens (tertiary/aromatic N) is 1. The number of hydrogen-bond acceptors (Lipinski definition) is 3. The average Bonchev–Trinajstić information content (AvgIpc) is 2.43. The van der Waals surface area contributed by atoms with Crippen molar-refractivity contribution in [1.29, 1.82) is 0 Å². The standard InChI is InChI=1S/C14H23NO3.2CH4/c1-13(2,3)9-7-11(17)15(12(9)18)8-10(16)14(4,5)6;;/h9H,7-8H2,1-6H3;2*1H4. The molecule has 1 aliphatic rings. The van der Waals surface area contributed by atoms with E-state index in [9.17, 15) is 14.4 Å². The Morgan fingerprint density at radius 2 is 1.55 bits per heavy atom. The molecule has 1 saturated heterocycles. The molecule has 0 N–H and O–H groups in total. The zero-order valence-corrected chi connectivity index (χ0v) is 12.2. The van der Waals surface area contributed by atoms with Crippen LogP contribution >= 0.6 is 0 Å². The van der Waals surface area contributed by atoms with Crippen molar-refractivity contribution >= 4 is 17.6 Å². The molecule has 0 aromatic rings. The van der Waals surface area contributed by atoms with Crippen LogP contribution in [-0.2, 0) is 14.4 Å². The van der Waals surface area contributed by atoms with Crippen LogP contribution in [0, 0.1) is 16.7 Å². The van der Waals surface area contributed by atoms with Gasteiger partial charge in [0.15, 0.2) is 5.78 Å². The van der Waals surface area contributed by atoms with E-state index in [2.05, 4.69) is 0 Å². The highest BCUT2D eigenvalue weighted by Crippen LogP contribution is 2.35. The van der Waals surface area contributed by atoms with Crippen molar-refractivity contribution < 1.29 is 14.4 Å². The number of hydrogen-bond donors (Lipinski definition) is 0. The van der Waals surface area contributed by atoms with Crippen LogP contribution < -0.4 is 0 Å². The third-order valence-corrected chi connectivity index (χ3v) is 3.43. The first-order chi connectivity index (χ1) is 7.94. The molecule has 0 aliphatic carbocycles. The molecule has 2 amide bonds. The minimum absolute atomic E-state index is 0. The SMILES string of the molecule is C.C.CC(C)(C)C(=O)CN1C(=O)CC(C(C)(C)C)C1=O. The van der Waals surface area contributed by atoms with E-state index in [4.69, 9.17) is 0 Å². The fraction of sp³-hybridized carbons (Fsp3) is 0.812. The van der Waals surface area contributed by atoms with Gasteiger partial charge in [-0.1, -0.05) is 56.4 Å². The molecule has 1 heterocycles. The first-order valence-electron chi connectivity index (χ1n) is 6.32. The molecule has 1 fully saturated rings. The van der Waals surface area contributed by atoms with Crippen LogP contribution in [0.15, 0.2) is 0 Å². The molecule has 1 unspecified atom stereocenters. The van der Waals surface area contributed by atoms with Gasteiger partial charge in [0.2, 0.25) is 11.8 Å². The summed E-state index contributed by atoms with van der Waals surface area (Å²) in [6.07, 6.45) is 0.222. The van der Waals surface area contributed by atoms with Crippen LogP contribution in [0.5, 0.6) is 0 Å². The van der Waals surface area contributed by atoms with Gasteiger partial charge in [-0.2, -0.15) is 0 Å². The number of likely N-dealkylation sites (tertiary alicyclic amines) is 1. The lowest BCUT2D eigenvalue weighted by Crippen LogP contribution is -2.40. The molecule has 118 valence electrons. The number of carbonyl (C=O) groups excluding carboxylic acids is 3. The largest absolute Gasteiger partial charge is 0.297 e. The number of amides is 2. The highest BCUT2D eigenvalue weighted by Gasteiger charge is 2.45. The zero-order chi connectivity index (χ0) is 14.3. The van der Waals surface area contributed by atoms with E-state index < -0.39 is 5.41 Å². The van der Waals surface area contributed by atoms with E-state index in [0.717, 1.165) is 4.90 Å². The number of rotatable bonds is 2. The van der Waals surface area contributed by atoms with Crippen LogP contribution in [0.1, 0.15) is 62.8 Å². The van der Waals surface area contributed by atoms with Crippen molar-refractivity contribution in [3.05, 3.63) is 0 Å². The molecule has 1 atom stereocenters. The third-order valence-electron chi connectivity index (χ3n) is 3.43. The lowest BCUT2D eigenvalue weighted by molar-refractivity contribution is -0.145. The summed E-state index contributed by atoms with van der Waals surface area (Å²) in [7, 11) is 0. The predicted molar refractivity (Wildman–Crippen MR) is 82.2 cm³/mol. The van der Waals surface area contributed by atoms with E-state index in [1.807, 2.05) is 20.8 Å². The fourth-order valence-electron chi connectivity index (χ4n) is 1.91. The number of Topliss-reactive ketones (excluding diaryl/α,β-unsaturated/α-hetero) is 1. The number of ketones is 1. The normalized spacial score (nSPS) is 19.5. The first-order valence-corrected chi connectivity index (χ1v) is 6.32. The van der Waals surface area contributed by atoms with Gasteiger partial charge < -0.3 is 0 Å². The van der Waals surface area contributed by atoms with Crippen molar-refractivity contribution in [3.8, 4) is 0 Å². The monoisotopic (exact) mass is 285 g/mol. The van der Waals surface area contributed by atoms with Crippen LogP contribution in [0.2, 0.25) is 0 Å². The first kappa shape index (κ1) is 21.1. The summed E-state index contributed by atoms with van der Waals surface area (Å²) in [4.78, 5) is 37.1. The van der Waals surface area contributed by atoms with Crippen molar-refractivity contribution in [2.45, 2.75) is 62.8 Å². The zero-order valence-electron chi connectivity index (χ0n) is 12.2. The van der Waals surface area contributed by atoms with E-state index in [0.29, 0.717) is 0 Å². The summed E-state index contributed by atoms with van der Waals surface area (Å²) in [5.41, 5.74) is -0.771. The fourth-order valence-corrected chi connectivity index (χ4v) is 1.91. The van der Waals surface area contributed by atoms with Gasteiger partial charge in [-0.15, -0.1) is 0 Å². The minimum Gasteiger partial charge on any atom is -0.297 e. The second-order valence-electron chi connectivity index (χ2n) is 7.11. The number of carbonyl (C=O) groups is 3. The summed E-state index contributed by atoms with van der Waals surface area (Å²) >= 11 is 0. The maximum absolute atomic E-state index is 12.2. The van der Waals surface area contributed by atoms with Crippen molar-refractivity contribution in [2.24, 2.45) is 16.7 Å². The predicted octanol–water partition coefficient (Wildman–Crippen LogP) is 3.30. The highest BCUT2D eigenvalue weighted by atomic mass is 16.2. The van der Waals surface area contributed by atoms with Gasteiger partial charge in [-0.3, -0.25) is 19.3 Å². The molecular formula is C16H31NO3. The Morgan fingerprint density at radius 1 is 1.10 bits per heavy atom. The summed E-state index contributed by atoms with van der Waals surface area (Å²) in [5, 5.41) is 0. The molecule has 20 heavy (non-hydrogen) atoms. The smallest absolute Gasteiger partial charge is 0.233 e. The molecule has 0 saturated carbocycles. The Morgan fingerprint density at radius 3 is 1.85 bits per heavy atom. The van der Waals surface area contributed by atoms with Crippen molar-refractivity contribution in [3.63, 3.8) is 0 Å². The van der Waals surface area contributed by atoms with E-state index in [1.165, 1.54) is 0 Å². The third kappa shape index (κ3) is 4.43. The van der Waals surface area contributed by atoms with Gasteiger partial charge in [-0.05, 0) is 5.41 Å². The second kappa shape index (κ2) is 6.51. The van der Waals surface area contributed by atoms with Gasteiger partial charge in [0.25, 0.3) is 0 Å². The molecule has 1 aliphatic heterocycles. The lowest BCUT2D eigenvalue weighted by atomic mass is 9.80. The summed E-state index contributed by atoms with van der Waals surface area (Å²) in [5.74, 6) is -0.820. The second-order valence-corrected chi connectivity index (χ2v) is 7.11. The minimum atomic E-state index is -0.527. The molecule has 4 heteroatoms. The van der Waals surface area contributed by atoms with Crippen LogP contribution in [0.4, 0.5) is 0 Å². The van der Waals surface area contributed by atoms with Crippen molar-refractivity contribution in [1.82, 2.24) is 4.90 Å². The Bertz CT molecular complexity index is 386. The molecule has 0 aromatic carbocycles. The maximum atomic E-state index is 12.2. The van der Waals surface area contributed by atoms with Gasteiger partial charge in [0.05, 0.1) is 12.5 Å². The molecule has 0 radical (unpaired) electrons. The van der Waals surface area contributed by atoms with Gasteiger partial charge >= 0.3 is 0 Å². The summed E-state index contributed by atoms with van der Waals surface area (Å²) in [6.45, 7) is 11.1. The number of imide groups is 1. The molecule has 1 rings (SSSR count). The Kier molecular flexibility index (Phi) is 6.87. The lowest BCUT2D eigenvalue weighted by Gasteiger charge is -2.25. The van der Waals surface area contributed by atoms with E-state index in [-0.39, 0.29) is 56.7 Å². The Hall–Kier alpha value is -1.19. The molecule has 4 nitrogen and oxygen atoms in total. The van der Waals surface area contributed by atoms with E-state index in [1.54, 1.807) is 20.8 Å². The van der Waals surface area contributed by atoms with Crippen LogP contribution in [0.25, 0.3) is 0 Å². The van der Waals surface area contributed by atoms with Gasteiger partial charge in [0.1, 0.15) is 0 Å². The van der Waals surface area contributed by atoms with Crippen LogP contribution in [-0.4, -0.2) is 29.0 Å². The topological polar surface area (TPSA) is 54.5 Å². The van der Waals surface area contributed by atoms with Crippen molar-refractivity contribution in [2.75, 3.05) is 6.54 Å². The highest BCUT2D eigenvalue weighted by molar-refractivity contribution is 6.06. The average molecular weight is 285 g/mol. The van der Waals surface area contributed by atoms with Crippen LogP contribution in [0.3, 0.4) is 0 Å². The quantitative estimate of drug-likeness (QED) is 0.731. The van der Waals surface area contributed by atoms with Gasteiger partial charge in [0, 0.05) is 11.8 Å². The molecular weight excluding hydrogens is 254 g/mol. The Balaban J connectivity index is 0.